The van der Waals surface area contributed by atoms with E-state index in [1.807, 2.05) is 29.2 Å². The second-order valence-corrected chi connectivity index (χ2v) is 10.4. The minimum Gasteiger partial charge on any atom is -0.389 e. The van der Waals surface area contributed by atoms with Gasteiger partial charge in [0, 0.05) is 50.2 Å². The van der Waals surface area contributed by atoms with E-state index < -0.39 is 11.4 Å². The molecule has 1 saturated heterocycles. The Bertz CT molecular complexity index is 1510. The van der Waals surface area contributed by atoms with E-state index in [1.54, 1.807) is 31.9 Å². The summed E-state index contributed by atoms with van der Waals surface area (Å²) in [6.07, 6.45) is 1.77. The number of halogens is 1. The quantitative estimate of drug-likeness (QED) is 0.430. The Hall–Kier alpha value is -4.18. The smallest absolute Gasteiger partial charge is 0.259 e. The summed E-state index contributed by atoms with van der Waals surface area (Å²) >= 11 is 0. The maximum Gasteiger partial charge on any atom is 0.259 e. The number of aryl methyl sites for hydroxylation is 1. The van der Waals surface area contributed by atoms with Crippen molar-refractivity contribution in [1.82, 2.24) is 9.47 Å². The van der Waals surface area contributed by atoms with Crippen LogP contribution >= 0.6 is 0 Å². The van der Waals surface area contributed by atoms with Gasteiger partial charge >= 0.3 is 0 Å². The summed E-state index contributed by atoms with van der Waals surface area (Å²) in [5.74, 6) is -1.05. The summed E-state index contributed by atoms with van der Waals surface area (Å²) in [6.45, 7) is 4.39. The number of carbonyl (C=O) groups is 2. The number of rotatable bonds is 8. The van der Waals surface area contributed by atoms with Crippen LogP contribution in [0.15, 0.2) is 47.3 Å². The average molecular weight is 534 g/mol. The van der Waals surface area contributed by atoms with Crippen molar-refractivity contribution < 1.29 is 19.1 Å². The first kappa shape index (κ1) is 26.4. The van der Waals surface area contributed by atoms with E-state index in [2.05, 4.69) is 5.32 Å². The van der Waals surface area contributed by atoms with Gasteiger partial charge in [-0.3, -0.25) is 23.9 Å². The number of pyridine rings is 1. The fourth-order valence-corrected chi connectivity index (χ4v) is 4.99. The maximum atomic E-state index is 15.1. The molecule has 2 N–H and O–H groups in total. The topological polar surface area (TPSA) is 98.1 Å². The Labute approximate surface area is 226 Å². The monoisotopic (exact) mass is 533 g/mol. The van der Waals surface area contributed by atoms with E-state index in [9.17, 15) is 19.5 Å². The molecule has 10 heteroatoms. The van der Waals surface area contributed by atoms with Gasteiger partial charge in [-0.1, -0.05) is 12.1 Å². The molecule has 9 nitrogen and oxygen atoms in total. The molecule has 0 bridgehead atoms. The van der Waals surface area contributed by atoms with Gasteiger partial charge in [-0.15, -0.1) is 0 Å². The van der Waals surface area contributed by atoms with Crippen LogP contribution in [0.4, 0.5) is 33.0 Å². The molecular weight excluding hydrogens is 501 g/mol. The molecule has 1 saturated carbocycles. The number of carbonyl (C=O) groups excluding carboxylic acids is 2. The van der Waals surface area contributed by atoms with E-state index in [4.69, 9.17) is 0 Å². The molecule has 1 aliphatic carbocycles. The molecule has 0 atom stereocenters. The number of hydrogen-bond donors (Lipinski definition) is 2. The second-order valence-electron chi connectivity index (χ2n) is 10.4. The van der Waals surface area contributed by atoms with Gasteiger partial charge in [0.2, 0.25) is 6.41 Å². The van der Waals surface area contributed by atoms with Crippen LogP contribution in [0.3, 0.4) is 0 Å². The first-order chi connectivity index (χ1) is 18.6. The third-order valence-corrected chi connectivity index (χ3v) is 7.46. The number of hydrogen-bond acceptors (Lipinski definition) is 6. The Kier molecular flexibility index (Phi) is 6.90. The molecule has 2 fully saturated rings. The summed E-state index contributed by atoms with van der Waals surface area (Å²) in [5.41, 5.74) is 2.31. The Balaban J connectivity index is 1.70. The van der Waals surface area contributed by atoms with Gasteiger partial charge in [-0.25, -0.2) is 4.39 Å². The third kappa shape index (κ3) is 4.87. The van der Waals surface area contributed by atoms with E-state index in [0.29, 0.717) is 30.8 Å². The van der Waals surface area contributed by atoms with Crippen molar-refractivity contribution in [3.8, 4) is 0 Å². The average Bonchev–Trinajstić information content (AvgIpc) is 3.74. The number of β-amino-alcohol motifs (C(OH)–C–C–N with tert-alkyl or cyclic N) is 1. The highest BCUT2D eigenvalue weighted by Crippen LogP contribution is 2.38. The molecule has 1 aliphatic heterocycles. The van der Waals surface area contributed by atoms with Gasteiger partial charge in [0.25, 0.3) is 11.5 Å². The van der Waals surface area contributed by atoms with Crippen LogP contribution in [-0.4, -0.2) is 59.2 Å². The van der Waals surface area contributed by atoms with Gasteiger partial charge in [0.15, 0.2) is 0 Å². The Morgan fingerprint density at radius 2 is 1.87 bits per heavy atom. The van der Waals surface area contributed by atoms with Crippen molar-refractivity contribution in [2.45, 2.75) is 38.8 Å². The number of nitrogens with one attached hydrogen (secondary N) is 1. The van der Waals surface area contributed by atoms with Crippen LogP contribution in [-0.2, 0) is 11.8 Å². The molecule has 1 aromatic heterocycles. The first-order valence-corrected chi connectivity index (χ1v) is 12.9. The number of aliphatic hydroxyl groups is 1. The number of nitrogens with zero attached hydrogens (tertiary/aromatic N) is 4. The zero-order valence-corrected chi connectivity index (χ0v) is 22.4. The van der Waals surface area contributed by atoms with E-state index in [-0.39, 0.29) is 46.4 Å². The molecule has 2 amide bonds. The highest BCUT2D eigenvalue weighted by atomic mass is 19.1. The lowest BCUT2D eigenvalue weighted by molar-refractivity contribution is -0.106. The third-order valence-electron chi connectivity index (χ3n) is 7.46. The predicted molar refractivity (Wildman–Crippen MR) is 149 cm³/mol. The predicted octanol–water partition coefficient (Wildman–Crippen LogP) is 3.59. The second kappa shape index (κ2) is 10.2. The first-order valence-electron chi connectivity index (χ1n) is 12.9. The van der Waals surface area contributed by atoms with Crippen molar-refractivity contribution in [2.24, 2.45) is 7.05 Å². The molecule has 0 spiro atoms. The van der Waals surface area contributed by atoms with E-state index in [1.165, 1.54) is 23.7 Å². The highest BCUT2D eigenvalue weighted by molar-refractivity contribution is 6.08. The van der Waals surface area contributed by atoms with Crippen LogP contribution in [0, 0.1) is 19.7 Å². The minimum absolute atomic E-state index is 0.0228. The van der Waals surface area contributed by atoms with Gasteiger partial charge < -0.3 is 20.2 Å². The lowest BCUT2D eigenvalue weighted by atomic mass is 10.1. The molecule has 2 aliphatic rings. The standard InChI is InChI=1S/C29H32FN5O4/c1-17-8-11-24(23(30)12-17)35(16-36)27-25(29(39)32(3)20-9-10-20)26(18(2)28(38)33(27)4)31-19-6-5-7-21(13-19)34-14-22(37)15-34/h5-8,11-13,16,20,22,31,37H,9-10,14-15H2,1-4H3. The molecule has 204 valence electrons. The molecular formula is C29H32FN5O4. The van der Waals surface area contributed by atoms with Crippen LogP contribution in [0.2, 0.25) is 0 Å². The molecule has 5 rings (SSSR count). The van der Waals surface area contributed by atoms with E-state index >= 15 is 4.39 Å². The molecule has 2 aromatic carbocycles. The normalized spacial score (nSPS) is 15.1. The largest absolute Gasteiger partial charge is 0.389 e. The summed E-state index contributed by atoms with van der Waals surface area (Å²) in [4.78, 5) is 44.7. The molecule has 0 radical (unpaired) electrons. The highest BCUT2D eigenvalue weighted by Gasteiger charge is 2.36. The van der Waals surface area contributed by atoms with Gasteiger partial charge in [-0.05, 0) is 62.6 Å². The Morgan fingerprint density at radius 1 is 1.15 bits per heavy atom. The number of anilines is 5. The number of amides is 2. The maximum absolute atomic E-state index is 15.1. The summed E-state index contributed by atoms with van der Waals surface area (Å²) < 4.78 is 16.3. The summed E-state index contributed by atoms with van der Waals surface area (Å²) in [7, 11) is 3.17. The fourth-order valence-electron chi connectivity index (χ4n) is 4.99. The zero-order chi connectivity index (χ0) is 28.0. The van der Waals surface area contributed by atoms with E-state index in [0.717, 1.165) is 23.4 Å². The van der Waals surface area contributed by atoms with Gasteiger partial charge in [0.05, 0.1) is 17.5 Å². The van der Waals surface area contributed by atoms with Crippen molar-refractivity contribution in [2.75, 3.05) is 35.3 Å². The summed E-state index contributed by atoms with van der Waals surface area (Å²) in [5, 5.41) is 13.0. The molecule has 39 heavy (non-hydrogen) atoms. The lowest BCUT2D eigenvalue weighted by Gasteiger charge is -2.38. The van der Waals surface area contributed by atoms with Crippen LogP contribution in [0.5, 0.6) is 0 Å². The van der Waals surface area contributed by atoms with Gasteiger partial charge in [-0.2, -0.15) is 0 Å². The van der Waals surface area contributed by atoms with Crippen molar-refractivity contribution >= 4 is 40.9 Å². The van der Waals surface area contributed by atoms with Crippen molar-refractivity contribution in [3.63, 3.8) is 0 Å². The number of benzene rings is 2. The van der Waals surface area contributed by atoms with Gasteiger partial charge in [0.1, 0.15) is 17.2 Å². The SMILES string of the molecule is Cc1ccc(N(C=O)c2c(C(=O)N(C)C3CC3)c(Nc3cccc(N4CC(O)C4)c3)c(C)c(=O)n2C)c(F)c1. The Morgan fingerprint density at radius 3 is 2.49 bits per heavy atom. The number of aromatic nitrogens is 1. The molecule has 2 heterocycles. The van der Waals surface area contributed by atoms with Crippen LogP contribution in [0.25, 0.3) is 0 Å². The summed E-state index contributed by atoms with van der Waals surface area (Å²) in [6, 6.07) is 11.9. The lowest BCUT2D eigenvalue weighted by Crippen LogP contribution is -2.50. The molecule has 0 unspecified atom stereocenters. The zero-order valence-electron chi connectivity index (χ0n) is 22.4. The van der Waals surface area contributed by atoms with Crippen LogP contribution < -0.4 is 20.7 Å². The van der Waals surface area contributed by atoms with Crippen molar-refractivity contribution in [3.05, 3.63) is 75.3 Å². The number of aliphatic hydroxyl groups excluding tert-OH is 1. The van der Waals surface area contributed by atoms with Crippen LogP contribution in [0.1, 0.15) is 34.3 Å². The fraction of sp³-hybridized carbons (Fsp3) is 0.345. The van der Waals surface area contributed by atoms with Crippen molar-refractivity contribution in [1.29, 1.82) is 0 Å². The minimum atomic E-state index is -0.650. The molecule has 3 aromatic rings.